The van der Waals surface area contributed by atoms with Crippen LogP contribution in [0.25, 0.3) is 10.9 Å². The first-order valence-corrected chi connectivity index (χ1v) is 15.6. The number of hydrogen-bond donors (Lipinski definition) is 3. The van der Waals surface area contributed by atoms with Crippen LogP contribution in [0.1, 0.15) is 70.8 Å². The molecule has 1 amide bonds. The van der Waals surface area contributed by atoms with Gasteiger partial charge in [-0.1, -0.05) is 48.7 Å². The van der Waals surface area contributed by atoms with Crippen molar-refractivity contribution in [2.24, 2.45) is 33.7 Å². The first-order chi connectivity index (χ1) is 20.6. The smallest absolute Gasteiger partial charge is 0.328 e. The monoisotopic (exact) mass is 585 g/mol. The number of amides is 1. The number of allylic oxidation sites excluding steroid dienone is 2. The largest absolute Gasteiger partial charge is 0.467 e. The summed E-state index contributed by atoms with van der Waals surface area (Å²) in [7, 11) is 1.31. The maximum Gasteiger partial charge on any atom is 0.328 e. The van der Waals surface area contributed by atoms with Gasteiger partial charge in [0, 0.05) is 28.9 Å². The molecule has 0 bridgehead atoms. The maximum absolute atomic E-state index is 12.8. The fourth-order valence-electron chi connectivity index (χ4n) is 9.16. The summed E-state index contributed by atoms with van der Waals surface area (Å²) < 4.78 is 4.95. The third-order valence-electron chi connectivity index (χ3n) is 11.7. The van der Waals surface area contributed by atoms with E-state index >= 15 is 0 Å². The average molecular weight is 586 g/mol. The van der Waals surface area contributed by atoms with Gasteiger partial charge >= 0.3 is 5.97 Å². The van der Waals surface area contributed by atoms with E-state index in [0.717, 1.165) is 67.1 Å². The number of nitrogens with zero attached hydrogens (tertiary/aromatic N) is 1. The fraction of sp³-hybridized carbons (Fsp3) is 0.571. The molecule has 8 nitrogen and oxygen atoms in total. The topological polar surface area (TPSA) is 113 Å². The van der Waals surface area contributed by atoms with E-state index in [1.807, 2.05) is 30.5 Å². The molecular weight excluding hydrogens is 542 g/mol. The summed E-state index contributed by atoms with van der Waals surface area (Å²) in [5.74, 6) is 3.45. The quantitative estimate of drug-likeness (QED) is 0.239. The number of fused-ring (bicyclic) bond motifs is 6. The second kappa shape index (κ2) is 11.2. The van der Waals surface area contributed by atoms with E-state index in [-0.39, 0.29) is 17.4 Å². The zero-order valence-corrected chi connectivity index (χ0v) is 25.4. The summed E-state index contributed by atoms with van der Waals surface area (Å²) in [6, 6.07) is 6.98. The Kier molecular flexibility index (Phi) is 7.66. The molecule has 6 rings (SSSR count). The minimum absolute atomic E-state index is 0.105. The van der Waals surface area contributed by atoms with Gasteiger partial charge in [-0.15, -0.1) is 6.42 Å². The Morgan fingerprint density at radius 2 is 1.95 bits per heavy atom. The van der Waals surface area contributed by atoms with Crippen molar-refractivity contribution >= 4 is 28.5 Å². The van der Waals surface area contributed by atoms with Crippen molar-refractivity contribution in [3.8, 4) is 12.3 Å². The predicted molar refractivity (Wildman–Crippen MR) is 165 cm³/mol. The number of esters is 1. The number of terminal acetylenes is 1. The molecule has 1 aromatic carbocycles. The van der Waals surface area contributed by atoms with Gasteiger partial charge in [-0.25, -0.2) is 4.79 Å². The highest BCUT2D eigenvalue weighted by Gasteiger charge is 2.63. The van der Waals surface area contributed by atoms with Gasteiger partial charge in [0.05, 0.1) is 12.8 Å². The fourth-order valence-corrected chi connectivity index (χ4v) is 9.16. The third kappa shape index (κ3) is 4.96. The number of carbonyl (C=O) groups excluding carboxylic acids is 2. The van der Waals surface area contributed by atoms with Crippen LogP contribution >= 0.6 is 0 Å². The molecule has 3 saturated carbocycles. The normalized spacial score (nSPS) is 34.7. The third-order valence-corrected chi connectivity index (χ3v) is 11.7. The van der Waals surface area contributed by atoms with E-state index in [2.05, 4.69) is 41.3 Å². The average Bonchev–Trinajstić information content (AvgIpc) is 3.54. The molecule has 0 aliphatic heterocycles. The summed E-state index contributed by atoms with van der Waals surface area (Å²) in [6.07, 6.45) is 17.8. The number of benzene rings is 1. The molecule has 2 aromatic rings. The van der Waals surface area contributed by atoms with E-state index in [1.165, 1.54) is 12.7 Å². The summed E-state index contributed by atoms with van der Waals surface area (Å²) in [4.78, 5) is 33.9. The van der Waals surface area contributed by atoms with Gasteiger partial charge in [0.1, 0.15) is 11.6 Å². The summed E-state index contributed by atoms with van der Waals surface area (Å²) in [5.41, 5.74) is 3.08. The lowest BCUT2D eigenvalue weighted by atomic mass is 9.46. The summed E-state index contributed by atoms with van der Waals surface area (Å²) >= 11 is 0. The van der Waals surface area contributed by atoms with E-state index < -0.39 is 23.5 Å². The lowest BCUT2D eigenvalue weighted by molar-refractivity contribution is -0.145. The van der Waals surface area contributed by atoms with Crippen molar-refractivity contribution in [2.45, 2.75) is 83.3 Å². The number of ether oxygens (including phenoxy) is 1. The number of H-pyrrole nitrogens is 1. The van der Waals surface area contributed by atoms with E-state index in [0.29, 0.717) is 30.6 Å². The van der Waals surface area contributed by atoms with Gasteiger partial charge in [0.25, 0.3) is 5.91 Å². The van der Waals surface area contributed by atoms with Gasteiger partial charge in [0.15, 0.2) is 6.61 Å². The molecule has 0 radical (unpaired) electrons. The molecule has 7 atom stereocenters. The molecule has 1 aromatic heterocycles. The molecule has 0 saturated heterocycles. The van der Waals surface area contributed by atoms with Crippen LogP contribution in [-0.4, -0.2) is 53.0 Å². The van der Waals surface area contributed by atoms with Crippen LogP contribution in [0.4, 0.5) is 0 Å². The standard InChI is InChI=1S/C35H43N3O5/c1-5-35(41)17-14-28-26-11-10-23-19-24(12-15-33(23,2)27(26)13-16-34(28,35)3)38-43-21-31(39)37-30(32(40)42-4)18-22-20-36-29-9-7-6-8-25(22)29/h1,6-9,19-20,26-28,30,36,41H,10-18,21H2,2-4H3,(H,37,39)/b38-24-/t26-,27+,28+,30+,33+,34+,35-/m1/s1. The zero-order valence-electron chi connectivity index (χ0n) is 25.4. The van der Waals surface area contributed by atoms with Crippen molar-refractivity contribution < 1.29 is 24.3 Å². The van der Waals surface area contributed by atoms with Crippen LogP contribution in [0, 0.1) is 40.9 Å². The predicted octanol–water partition coefficient (Wildman–Crippen LogP) is 5.07. The number of aromatic nitrogens is 1. The first-order valence-electron chi connectivity index (χ1n) is 15.6. The van der Waals surface area contributed by atoms with Gasteiger partial charge < -0.3 is 25.0 Å². The first kappa shape index (κ1) is 29.5. The molecule has 4 aliphatic carbocycles. The number of aromatic amines is 1. The van der Waals surface area contributed by atoms with E-state index in [4.69, 9.17) is 16.0 Å². The second-order valence-electron chi connectivity index (χ2n) is 13.6. The number of rotatable bonds is 7. The highest BCUT2D eigenvalue weighted by Crippen LogP contribution is 2.67. The molecule has 4 aliphatic rings. The maximum atomic E-state index is 12.8. The number of methoxy groups -OCH3 is 1. The Bertz CT molecular complexity index is 1520. The summed E-state index contributed by atoms with van der Waals surface area (Å²) in [5, 5.41) is 19.3. The van der Waals surface area contributed by atoms with Crippen LogP contribution in [0.3, 0.4) is 0 Å². The Hall–Kier alpha value is -3.57. The highest BCUT2D eigenvalue weighted by molar-refractivity contribution is 5.96. The van der Waals surface area contributed by atoms with Crippen molar-refractivity contribution in [3.05, 3.63) is 47.7 Å². The zero-order chi connectivity index (χ0) is 30.4. The minimum Gasteiger partial charge on any atom is -0.467 e. The van der Waals surface area contributed by atoms with Crippen molar-refractivity contribution in [1.82, 2.24) is 10.3 Å². The van der Waals surface area contributed by atoms with Crippen LogP contribution in [0.2, 0.25) is 0 Å². The second-order valence-corrected chi connectivity index (χ2v) is 13.6. The van der Waals surface area contributed by atoms with E-state index in [1.54, 1.807) is 0 Å². The number of nitrogens with one attached hydrogen (secondary N) is 2. The Morgan fingerprint density at radius 1 is 1.16 bits per heavy atom. The number of carbonyl (C=O) groups is 2. The van der Waals surface area contributed by atoms with Crippen molar-refractivity contribution in [3.63, 3.8) is 0 Å². The molecule has 8 heteroatoms. The molecule has 0 unspecified atom stereocenters. The van der Waals surface area contributed by atoms with Crippen LogP contribution in [0.15, 0.2) is 47.3 Å². The molecule has 3 fully saturated rings. The number of hydrogen-bond acceptors (Lipinski definition) is 6. The SMILES string of the molecule is C#C[C@@]1(O)CC[C@H]2[C@@H]3CCC4=C/C(=N\OCC(=O)N[C@@H](Cc5c[nH]c6ccccc56)C(=O)OC)CC[C@]4(C)[C@H]3CC[C@@]21C. The van der Waals surface area contributed by atoms with Gasteiger partial charge in [-0.05, 0) is 92.2 Å². The molecule has 1 heterocycles. The Morgan fingerprint density at radius 3 is 2.74 bits per heavy atom. The van der Waals surface area contributed by atoms with Crippen molar-refractivity contribution in [1.29, 1.82) is 0 Å². The van der Waals surface area contributed by atoms with Crippen LogP contribution in [0.5, 0.6) is 0 Å². The minimum atomic E-state index is -0.983. The van der Waals surface area contributed by atoms with Gasteiger partial charge in [0.2, 0.25) is 0 Å². The van der Waals surface area contributed by atoms with Crippen molar-refractivity contribution in [2.75, 3.05) is 13.7 Å². The van der Waals surface area contributed by atoms with E-state index in [9.17, 15) is 14.7 Å². The molecule has 228 valence electrons. The summed E-state index contributed by atoms with van der Waals surface area (Å²) in [6.45, 7) is 4.35. The Balaban J connectivity index is 1.08. The molecule has 0 spiro atoms. The molecule has 3 N–H and O–H groups in total. The lowest BCUT2D eigenvalue weighted by Gasteiger charge is -2.58. The lowest BCUT2D eigenvalue weighted by Crippen LogP contribution is -2.54. The molecular formula is C35H43N3O5. The van der Waals surface area contributed by atoms with Gasteiger partial charge in [-0.3, -0.25) is 4.79 Å². The van der Waals surface area contributed by atoms with Crippen LogP contribution in [-0.2, 0) is 25.6 Å². The van der Waals surface area contributed by atoms with Gasteiger partial charge in [-0.2, -0.15) is 0 Å². The Labute approximate surface area is 253 Å². The number of para-hydroxylation sites is 1. The molecule has 43 heavy (non-hydrogen) atoms. The van der Waals surface area contributed by atoms with Crippen LogP contribution < -0.4 is 5.32 Å². The number of oxime groups is 1. The number of aliphatic hydroxyl groups is 1. The highest BCUT2D eigenvalue weighted by atomic mass is 16.6.